The molecular weight excluding hydrogens is 408 g/mol. The van der Waals surface area contributed by atoms with Crippen LogP contribution in [0.1, 0.15) is 51.9 Å². The standard InChI is InChI=1S/C21H24N2O6S/c1-5-27-21(25)18-15(14(9-22)19(23)30-18)11-29-20(24)13-6-7-16(17(8-13)26-4)28-10-12(2)3/h6-8,12H,5,10-11,23H2,1-4H3. The molecular formula is C21H24N2O6S. The average Bonchev–Trinajstić information content (AvgIpc) is 3.05. The Labute approximate surface area is 179 Å². The number of carbonyl (C=O) groups is 2. The summed E-state index contributed by atoms with van der Waals surface area (Å²) >= 11 is 0.930. The molecule has 0 bridgehead atoms. The number of hydrogen-bond donors (Lipinski definition) is 1. The molecule has 0 aliphatic carbocycles. The molecule has 0 unspecified atom stereocenters. The van der Waals surface area contributed by atoms with Gasteiger partial charge in [0, 0.05) is 5.56 Å². The first-order valence-corrected chi connectivity index (χ1v) is 10.1. The molecule has 1 heterocycles. The van der Waals surface area contributed by atoms with Crippen LogP contribution in [0.5, 0.6) is 11.5 Å². The van der Waals surface area contributed by atoms with E-state index in [2.05, 4.69) is 0 Å². The number of thiophene rings is 1. The highest BCUT2D eigenvalue weighted by atomic mass is 32.1. The van der Waals surface area contributed by atoms with Crippen LogP contribution < -0.4 is 15.2 Å². The molecule has 8 nitrogen and oxygen atoms in total. The van der Waals surface area contributed by atoms with Gasteiger partial charge in [0.25, 0.3) is 0 Å². The number of nitrogen functional groups attached to an aromatic ring is 1. The number of ether oxygens (including phenoxy) is 4. The SMILES string of the molecule is CCOC(=O)c1sc(N)c(C#N)c1COC(=O)c1ccc(OCC(C)C)c(OC)c1. The second-order valence-corrected chi connectivity index (χ2v) is 7.68. The molecule has 9 heteroatoms. The van der Waals surface area contributed by atoms with Crippen molar-refractivity contribution in [3.8, 4) is 17.6 Å². The Balaban J connectivity index is 2.20. The minimum Gasteiger partial charge on any atom is -0.493 e. The Morgan fingerprint density at radius 2 is 1.93 bits per heavy atom. The zero-order chi connectivity index (χ0) is 22.3. The van der Waals surface area contributed by atoms with Crippen molar-refractivity contribution in [2.24, 2.45) is 5.92 Å². The summed E-state index contributed by atoms with van der Waals surface area (Å²) in [6.07, 6.45) is 0. The van der Waals surface area contributed by atoms with Gasteiger partial charge in [-0.2, -0.15) is 5.26 Å². The lowest BCUT2D eigenvalue weighted by atomic mass is 10.1. The molecule has 0 saturated heterocycles. The van der Waals surface area contributed by atoms with E-state index < -0.39 is 11.9 Å². The number of benzene rings is 1. The van der Waals surface area contributed by atoms with E-state index in [1.54, 1.807) is 19.1 Å². The van der Waals surface area contributed by atoms with Crippen molar-refractivity contribution in [3.63, 3.8) is 0 Å². The maximum Gasteiger partial charge on any atom is 0.348 e. The first-order valence-electron chi connectivity index (χ1n) is 9.28. The van der Waals surface area contributed by atoms with Crippen molar-refractivity contribution in [1.29, 1.82) is 5.26 Å². The van der Waals surface area contributed by atoms with Crippen molar-refractivity contribution in [3.05, 3.63) is 39.8 Å². The number of anilines is 1. The highest BCUT2D eigenvalue weighted by Crippen LogP contribution is 2.33. The average molecular weight is 432 g/mol. The molecule has 0 amide bonds. The Hall–Kier alpha value is -3.25. The summed E-state index contributed by atoms with van der Waals surface area (Å²) in [4.78, 5) is 24.8. The van der Waals surface area contributed by atoms with Crippen molar-refractivity contribution >= 4 is 28.3 Å². The molecule has 0 atom stereocenters. The maximum atomic E-state index is 12.5. The lowest BCUT2D eigenvalue weighted by Crippen LogP contribution is -2.10. The van der Waals surface area contributed by atoms with Gasteiger partial charge in [0.1, 0.15) is 22.6 Å². The lowest BCUT2D eigenvalue weighted by molar-refractivity contribution is 0.0452. The minimum atomic E-state index is -0.646. The smallest absolute Gasteiger partial charge is 0.348 e. The molecule has 0 saturated carbocycles. The van der Waals surface area contributed by atoms with Crippen molar-refractivity contribution < 1.29 is 28.5 Å². The molecule has 0 spiro atoms. The zero-order valence-electron chi connectivity index (χ0n) is 17.3. The van der Waals surface area contributed by atoms with Crippen LogP contribution in [0.15, 0.2) is 18.2 Å². The number of nitriles is 1. The van der Waals surface area contributed by atoms with E-state index in [1.165, 1.54) is 13.2 Å². The van der Waals surface area contributed by atoms with Gasteiger partial charge >= 0.3 is 11.9 Å². The molecule has 0 radical (unpaired) electrons. The van der Waals surface area contributed by atoms with Gasteiger partial charge in [-0.1, -0.05) is 13.8 Å². The number of rotatable bonds is 9. The van der Waals surface area contributed by atoms with Gasteiger partial charge in [-0.15, -0.1) is 11.3 Å². The summed E-state index contributed by atoms with van der Waals surface area (Å²) in [5.41, 5.74) is 6.40. The van der Waals surface area contributed by atoms with Crippen LogP contribution in [-0.4, -0.2) is 32.3 Å². The Morgan fingerprint density at radius 1 is 1.20 bits per heavy atom. The predicted molar refractivity (Wildman–Crippen MR) is 112 cm³/mol. The van der Waals surface area contributed by atoms with Crippen LogP contribution in [0.2, 0.25) is 0 Å². The van der Waals surface area contributed by atoms with Gasteiger partial charge in [-0.05, 0) is 31.0 Å². The van der Waals surface area contributed by atoms with Crippen LogP contribution >= 0.6 is 11.3 Å². The fourth-order valence-corrected chi connectivity index (χ4v) is 3.42. The first-order chi connectivity index (χ1) is 14.3. The van der Waals surface area contributed by atoms with Crippen LogP contribution in [0.4, 0.5) is 5.00 Å². The normalized spacial score (nSPS) is 10.4. The van der Waals surface area contributed by atoms with Gasteiger partial charge in [0.15, 0.2) is 11.5 Å². The number of nitrogens with zero attached hydrogens (tertiary/aromatic N) is 1. The summed E-state index contributed by atoms with van der Waals surface area (Å²) in [6.45, 7) is 6.10. The highest BCUT2D eigenvalue weighted by Gasteiger charge is 2.24. The second kappa shape index (κ2) is 10.5. The molecule has 0 aliphatic heterocycles. The molecule has 2 N–H and O–H groups in total. The van der Waals surface area contributed by atoms with Crippen LogP contribution in [0, 0.1) is 17.2 Å². The van der Waals surface area contributed by atoms with Crippen molar-refractivity contribution in [2.75, 3.05) is 26.1 Å². The molecule has 0 fully saturated rings. The van der Waals surface area contributed by atoms with Crippen LogP contribution in [0.25, 0.3) is 0 Å². The topological polar surface area (TPSA) is 121 Å². The summed E-state index contributed by atoms with van der Waals surface area (Å²) in [7, 11) is 1.48. The van der Waals surface area contributed by atoms with Gasteiger partial charge < -0.3 is 24.7 Å². The third-order valence-electron chi connectivity index (χ3n) is 3.93. The van der Waals surface area contributed by atoms with Gasteiger partial charge in [0.05, 0.1) is 31.5 Å². The number of nitrogens with two attached hydrogens (primary N) is 1. The van der Waals surface area contributed by atoms with Crippen molar-refractivity contribution in [1.82, 2.24) is 0 Å². The Bertz CT molecular complexity index is 961. The lowest BCUT2D eigenvalue weighted by Gasteiger charge is -2.13. The maximum absolute atomic E-state index is 12.5. The molecule has 2 rings (SSSR count). The monoisotopic (exact) mass is 432 g/mol. The number of esters is 2. The van der Waals surface area contributed by atoms with E-state index in [0.717, 1.165) is 11.3 Å². The fraction of sp³-hybridized carbons (Fsp3) is 0.381. The first kappa shape index (κ1) is 23.0. The van der Waals surface area contributed by atoms with E-state index in [0.29, 0.717) is 24.0 Å². The minimum absolute atomic E-state index is 0.103. The van der Waals surface area contributed by atoms with E-state index in [4.69, 9.17) is 24.7 Å². The third-order valence-corrected chi connectivity index (χ3v) is 4.97. The Morgan fingerprint density at radius 3 is 2.53 bits per heavy atom. The highest BCUT2D eigenvalue weighted by molar-refractivity contribution is 7.18. The third kappa shape index (κ3) is 5.42. The number of hydrogen-bond acceptors (Lipinski definition) is 9. The molecule has 2 aromatic rings. The summed E-state index contributed by atoms with van der Waals surface area (Å²) in [5.74, 6) is -0.0119. The summed E-state index contributed by atoms with van der Waals surface area (Å²) < 4.78 is 21.3. The zero-order valence-corrected chi connectivity index (χ0v) is 18.1. The largest absolute Gasteiger partial charge is 0.493 e. The molecule has 160 valence electrons. The number of carbonyl (C=O) groups excluding carboxylic acids is 2. The van der Waals surface area contributed by atoms with E-state index in [-0.39, 0.29) is 39.8 Å². The van der Waals surface area contributed by atoms with E-state index in [9.17, 15) is 14.9 Å². The van der Waals surface area contributed by atoms with Gasteiger partial charge in [0.2, 0.25) is 0 Å². The molecule has 0 aliphatic rings. The van der Waals surface area contributed by atoms with E-state index >= 15 is 0 Å². The molecule has 30 heavy (non-hydrogen) atoms. The molecule has 1 aromatic carbocycles. The quantitative estimate of drug-likeness (QED) is 0.594. The number of methoxy groups -OCH3 is 1. The van der Waals surface area contributed by atoms with Crippen molar-refractivity contribution in [2.45, 2.75) is 27.4 Å². The van der Waals surface area contributed by atoms with E-state index in [1.807, 2.05) is 19.9 Å². The van der Waals surface area contributed by atoms with Gasteiger partial charge in [-0.3, -0.25) is 0 Å². The van der Waals surface area contributed by atoms with Gasteiger partial charge in [-0.25, -0.2) is 9.59 Å². The summed E-state index contributed by atoms with van der Waals surface area (Å²) in [5, 5.41) is 9.52. The fourth-order valence-electron chi connectivity index (χ4n) is 2.50. The van der Waals surface area contributed by atoms with Crippen LogP contribution in [0.3, 0.4) is 0 Å². The predicted octanol–water partition coefficient (Wildman–Crippen LogP) is 3.78. The summed E-state index contributed by atoms with van der Waals surface area (Å²) in [6, 6.07) is 6.64. The second-order valence-electron chi connectivity index (χ2n) is 6.63. The molecule has 1 aromatic heterocycles. The Kier molecular flexibility index (Phi) is 8.07. The van der Waals surface area contributed by atoms with Crippen LogP contribution in [-0.2, 0) is 16.1 Å².